The summed E-state index contributed by atoms with van der Waals surface area (Å²) < 4.78 is 11.8. The number of Topliss-reactive ketones (excluding diaryl/α,β-unsaturated/α-hetero) is 1. The fourth-order valence-electron chi connectivity index (χ4n) is 5.10. The summed E-state index contributed by atoms with van der Waals surface area (Å²) in [4.78, 5) is 30.2. The minimum absolute atomic E-state index is 0.0926. The van der Waals surface area contributed by atoms with Crippen molar-refractivity contribution in [2.75, 3.05) is 33.8 Å². The fourth-order valence-corrected chi connectivity index (χ4v) is 5.10. The van der Waals surface area contributed by atoms with Gasteiger partial charge in [-0.2, -0.15) is 0 Å². The zero-order chi connectivity index (χ0) is 30.1. The van der Waals surface area contributed by atoms with E-state index in [0.717, 1.165) is 48.2 Å². The Kier molecular flexibility index (Phi) is 10.8. The van der Waals surface area contributed by atoms with Gasteiger partial charge in [0.25, 0.3) is 11.7 Å². The fraction of sp³-hybridized carbons (Fsp3) is 0.371. The van der Waals surface area contributed by atoms with E-state index in [1.54, 1.807) is 29.2 Å². The normalized spacial score (nSPS) is 16.3. The van der Waals surface area contributed by atoms with Crippen molar-refractivity contribution in [2.24, 2.45) is 0 Å². The molecule has 0 saturated carbocycles. The summed E-state index contributed by atoms with van der Waals surface area (Å²) in [5.41, 5.74) is 3.54. The summed E-state index contributed by atoms with van der Waals surface area (Å²) in [6.45, 7) is 6.42. The van der Waals surface area contributed by atoms with Gasteiger partial charge in [0.15, 0.2) is 0 Å². The van der Waals surface area contributed by atoms with E-state index in [1.165, 1.54) is 0 Å². The van der Waals surface area contributed by atoms with E-state index in [-0.39, 0.29) is 11.3 Å². The van der Waals surface area contributed by atoms with Crippen molar-refractivity contribution in [1.82, 2.24) is 9.80 Å². The van der Waals surface area contributed by atoms with Crippen molar-refractivity contribution in [3.8, 4) is 11.5 Å². The van der Waals surface area contributed by atoms with Crippen molar-refractivity contribution in [3.63, 3.8) is 0 Å². The molecule has 1 N–H and O–H groups in total. The van der Waals surface area contributed by atoms with Crippen LogP contribution >= 0.6 is 0 Å². The maximum absolute atomic E-state index is 13.4. The molecule has 1 fully saturated rings. The molecule has 0 radical (unpaired) electrons. The Balaban J connectivity index is 1.60. The Hall–Kier alpha value is -4.10. The van der Waals surface area contributed by atoms with E-state index in [0.29, 0.717) is 37.5 Å². The van der Waals surface area contributed by atoms with Crippen molar-refractivity contribution >= 4 is 17.4 Å². The summed E-state index contributed by atoms with van der Waals surface area (Å²) in [6, 6.07) is 21.8. The van der Waals surface area contributed by atoms with Gasteiger partial charge in [-0.1, -0.05) is 56.2 Å². The van der Waals surface area contributed by atoms with Crippen LogP contribution in [-0.4, -0.2) is 60.4 Å². The molecule has 0 spiro atoms. The smallest absolute Gasteiger partial charge is 0.295 e. The van der Waals surface area contributed by atoms with Crippen LogP contribution in [0.1, 0.15) is 60.9 Å². The van der Waals surface area contributed by atoms with E-state index >= 15 is 0 Å². The summed E-state index contributed by atoms with van der Waals surface area (Å²) in [5.74, 6) is -0.0926. The zero-order valence-electron chi connectivity index (χ0n) is 25.1. The predicted octanol–water partition coefficient (Wildman–Crippen LogP) is 6.52. The second kappa shape index (κ2) is 14.7. The average molecular weight is 571 g/mol. The average Bonchev–Trinajstić information content (AvgIpc) is 3.24. The number of carbonyl (C=O) groups excluding carboxylic acids is 2. The van der Waals surface area contributed by atoms with Crippen LogP contribution in [-0.2, 0) is 16.2 Å². The molecule has 0 aromatic heterocycles. The number of amides is 1. The maximum Gasteiger partial charge on any atom is 0.295 e. The molecule has 1 saturated heterocycles. The molecule has 1 atom stereocenters. The first-order valence-electron chi connectivity index (χ1n) is 14.7. The summed E-state index contributed by atoms with van der Waals surface area (Å²) >= 11 is 0. The lowest BCUT2D eigenvalue weighted by molar-refractivity contribution is -0.139. The lowest BCUT2D eigenvalue weighted by Crippen LogP contribution is -2.32. The molecule has 4 rings (SSSR count). The molecule has 1 amide bonds. The van der Waals surface area contributed by atoms with Crippen LogP contribution in [0.2, 0.25) is 0 Å². The van der Waals surface area contributed by atoms with Crippen molar-refractivity contribution in [1.29, 1.82) is 0 Å². The Morgan fingerprint density at radius 3 is 2.21 bits per heavy atom. The van der Waals surface area contributed by atoms with Crippen LogP contribution < -0.4 is 9.47 Å². The van der Waals surface area contributed by atoms with E-state index < -0.39 is 17.7 Å². The number of ether oxygens (including phenoxy) is 2. The third-order valence-corrected chi connectivity index (χ3v) is 7.54. The third-order valence-electron chi connectivity index (χ3n) is 7.54. The molecule has 7 heteroatoms. The first-order valence-corrected chi connectivity index (χ1v) is 14.7. The number of benzene rings is 3. The number of hydrogen-bond acceptors (Lipinski definition) is 6. The zero-order valence-corrected chi connectivity index (χ0v) is 25.1. The van der Waals surface area contributed by atoms with Crippen LogP contribution in [0.15, 0.2) is 78.4 Å². The van der Waals surface area contributed by atoms with Gasteiger partial charge in [-0.3, -0.25) is 9.59 Å². The Morgan fingerprint density at radius 2 is 1.55 bits per heavy atom. The van der Waals surface area contributed by atoms with Gasteiger partial charge >= 0.3 is 0 Å². The van der Waals surface area contributed by atoms with E-state index in [9.17, 15) is 14.7 Å². The highest BCUT2D eigenvalue weighted by atomic mass is 16.5. The lowest BCUT2D eigenvalue weighted by atomic mass is 9.95. The molecule has 42 heavy (non-hydrogen) atoms. The molecule has 1 aliphatic heterocycles. The van der Waals surface area contributed by atoms with Crippen LogP contribution in [0.25, 0.3) is 5.76 Å². The third kappa shape index (κ3) is 7.59. The second-order valence-corrected chi connectivity index (χ2v) is 11.0. The molecule has 3 aromatic rings. The van der Waals surface area contributed by atoms with Gasteiger partial charge in [-0.25, -0.2) is 0 Å². The molecular weight excluding hydrogens is 528 g/mol. The van der Waals surface area contributed by atoms with Crippen molar-refractivity contribution in [3.05, 3.63) is 101 Å². The van der Waals surface area contributed by atoms with Gasteiger partial charge in [-0.15, -0.1) is 0 Å². The number of aliphatic hydroxyl groups excluding tert-OH is 1. The number of carbonyl (C=O) groups is 2. The van der Waals surface area contributed by atoms with Gasteiger partial charge in [0.05, 0.1) is 18.2 Å². The first kappa shape index (κ1) is 30.8. The Morgan fingerprint density at radius 1 is 0.881 bits per heavy atom. The number of aryl methyl sites for hydroxylation is 1. The molecule has 1 unspecified atom stereocenters. The quantitative estimate of drug-likeness (QED) is 0.103. The molecular formula is C35H42N2O5. The van der Waals surface area contributed by atoms with Gasteiger partial charge in [0.2, 0.25) is 0 Å². The molecule has 3 aromatic carbocycles. The van der Waals surface area contributed by atoms with E-state index in [4.69, 9.17) is 9.47 Å². The van der Waals surface area contributed by atoms with Crippen LogP contribution in [0.3, 0.4) is 0 Å². The molecule has 1 aliphatic rings. The number of likely N-dealkylation sites (tertiary alicyclic amines) is 1. The summed E-state index contributed by atoms with van der Waals surface area (Å²) in [5, 5.41) is 11.4. The molecule has 0 aliphatic carbocycles. The predicted molar refractivity (Wildman–Crippen MR) is 166 cm³/mol. The molecule has 0 bridgehead atoms. The SMILES string of the molecule is CCCCCOc1ccc(C2C(=C(O)c3ccc(OCc4ccccc4C)cc3)C(=O)C(=O)N2CCCN(C)C)cc1. The van der Waals surface area contributed by atoms with Crippen LogP contribution in [0.5, 0.6) is 11.5 Å². The number of unbranched alkanes of at least 4 members (excludes halogenated alkanes) is 2. The topological polar surface area (TPSA) is 79.3 Å². The number of hydrogen-bond donors (Lipinski definition) is 1. The van der Waals surface area contributed by atoms with Crippen LogP contribution in [0.4, 0.5) is 0 Å². The highest BCUT2D eigenvalue weighted by molar-refractivity contribution is 6.46. The number of aliphatic hydroxyl groups is 1. The van der Waals surface area contributed by atoms with Gasteiger partial charge in [0.1, 0.15) is 23.9 Å². The molecule has 7 nitrogen and oxygen atoms in total. The highest BCUT2D eigenvalue weighted by Crippen LogP contribution is 2.40. The Bertz CT molecular complexity index is 1380. The monoisotopic (exact) mass is 570 g/mol. The van der Waals surface area contributed by atoms with E-state index in [2.05, 4.69) is 6.92 Å². The second-order valence-electron chi connectivity index (χ2n) is 11.0. The summed E-state index contributed by atoms with van der Waals surface area (Å²) in [6.07, 6.45) is 3.92. The summed E-state index contributed by atoms with van der Waals surface area (Å²) in [7, 11) is 3.94. The van der Waals surface area contributed by atoms with Gasteiger partial charge in [0, 0.05) is 12.1 Å². The number of nitrogens with zero attached hydrogens (tertiary/aromatic N) is 2. The minimum atomic E-state index is -0.696. The van der Waals surface area contributed by atoms with Gasteiger partial charge in [-0.05, 0) is 93.5 Å². The standard InChI is InChI=1S/C35H42N2O5/c1-5-6-9-23-41-29-17-13-26(14-18-29)32-31(34(39)35(40)37(32)22-10-21-36(3)4)33(38)27-15-19-30(20-16-27)42-24-28-12-8-7-11-25(28)2/h7-8,11-20,32,38H,5-6,9-10,21-24H2,1-4H3. The Labute approximate surface area is 249 Å². The molecule has 222 valence electrons. The minimum Gasteiger partial charge on any atom is -0.507 e. The highest BCUT2D eigenvalue weighted by Gasteiger charge is 2.45. The largest absolute Gasteiger partial charge is 0.507 e. The first-order chi connectivity index (χ1) is 20.3. The van der Waals surface area contributed by atoms with Gasteiger partial charge < -0.3 is 24.4 Å². The maximum atomic E-state index is 13.4. The van der Waals surface area contributed by atoms with Crippen molar-refractivity contribution < 1.29 is 24.2 Å². The number of rotatable bonds is 14. The lowest BCUT2D eigenvalue weighted by Gasteiger charge is -2.26. The van der Waals surface area contributed by atoms with Crippen LogP contribution in [0, 0.1) is 6.92 Å². The van der Waals surface area contributed by atoms with E-state index in [1.807, 2.05) is 74.4 Å². The number of ketones is 1. The van der Waals surface area contributed by atoms with Crippen molar-refractivity contribution in [2.45, 2.75) is 52.2 Å². The molecule has 1 heterocycles.